The summed E-state index contributed by atoms with van der Waals surface area (Å²) < 4.78 is 5.41. The van der Waals surface area contributed by atoms with E-state index in [0.717, 1.165) is 0 Å². The summed E-state index contributed by atoms with van der Waals surface area (Å²) in [7, 11) is 0. The topological polar surface area (TPSA) is 94.5 Å². The fourth-order valence-electron chi connectivity index (χ4n) is 1.81. The molecule has 1 aliphatic heterocycles. The quantitative estimate of drug-likeness (QED) is 0.604. The Balaban J connectivity index is 2.22. The number of hydrogen-bond donors (Lipinski definition) is 1. The first-order valence-corrected chi connectivity index (χ1v) is 5.35. The smallest absolute Gasteiger partial charge is 0.311 e. The fourth-order valence-corrected chi connectivity index (χ4v) is 1.81. The Kier molecular flexibility index (Phi) is 3.10. The number of anilines is 2. The molecular formula is C10H14N4O3. The molecule has 0 amide bonds. The summed E-state index contributed by atoms with van der Waals surface area (Å²) in [5.41, 5.74) is 5.40. The van der Waals surface area contributed by atoms with Gasteiger partial charge in [0.1, 0.15) is 5.82 Å². The molecule has 1 aromatic rings. The summed E-state index contributed by atoms with van der Waals surface area (Å²) in [6.45, 7) is 4.03. The van der Waals surface area contributed by atoms with Gasteiger partial charge in [-0.05, 0) is 13.0 Å². The van der Waals surface area contributed by atoms with Crippen molar-refractivity contribution in [1.29, 1.82) is 0 Å². The maximum atomic E-state index is 10.6. The molecule has 7 nitrogen and oxygen atoms in total. The second-order valence-electron chi connectivity index (χ2n) is 3.96. The lowest BCUT2D eigenvalue weighted by atomic mass is 10.3. The van der Waals surface area contributed by atoms with Crippen molar-refractivity contribution in [1.82, 2.24) is 4.98 Å². The van der Waals surface area contributed by atoms with Crippen LogP contribution in [0, 0.1) is 10.1 Å². The average Bonchev–Trinajstić information content (AvgIpc) is 2.28. The maximum Gasteiger partial charge on any atom is 0.311 e. The van der Waals surface area contributed by atoms with E-state index in [2.05, 4.69) is 4.98 Å². The van der Waals surface area contributed by atoms with Crippen LogP contribution in [0.5, 0.6) is 0 Å². The first-order chi connectivity index (χ1) is 8.08. The summed E-state index contributed by atoms with van der Waals surface area (Å²) in [6.07, 6.45) is 0.127. The molecule has 1 aromatic heterocycles. The summed E-state index contributed by atoms with van der Waals surface area (Å²) in [6, 6.07) is 3.00. The Labute approximate surface area is 98.3 Å². The van der Waals surface area contributed by atoms with Crippen LogP contribution in [0.15, 0.2) is 12.1 Å². The molecule has 0 aliphatic carbocycles. The van der Waals surface area contributed by atoms with Gasteiger partial charge in [-0.15, -0.1) is 0 Å². The number of hydrogen-bond acceptors (Lipinski definition) is 6. The lowest BCUT2D eigenvalue weighted by Crippen LogP contribution is -2.41. The van der Waals surface area contributed by atoms with E-state index in [1.165, 1.54) is 6.07 Å². The second-order valence-corrected chi connectivity index (χ2v) is 3.96. The van der Waals surface area contributed by atoms with Gasteiger partial charge >= 0.3 is 5.69 Å². The van der Waals surface area contributed by atoms with Gasteiger partial charge in [-0.2, -0.15) is 0 Å². The minimum Gasteiger partial charge on any atom is -0.378 e. The molecule has 1 saturated heterocycles. The second kappa shape index (κ2) is 4.54. The summed E-state index contributed by atoms with van der Waals surface area (Å²) >= 11 is 0. The number of nitrogens with zero attached hydrogens (tertiary/aromatic N) is 3. The van der Waals surface area contributed by atoms with Crippen molar-refractivity contribution in [3.8, 4) is 0 Å². The first kappa shape index (κ1) is 11.6. The lowest BCUT2D eigenvalue weighted by Gasteiger charge is -2.31. The number of ether oxygens (including phenoxy) is 1. The molecule has 0 spiro atoms. The summed E-state index contributed by atoms with van der Waals surface area (Å²) in [4.78, 5) is 16.1. The van der Waals surface area contributed by atoms with E-state index < -0.39 is 4.92 Å². The van der Waals surface area contributed by atoms with Crippen LogP contribution in [0.3, 0.4) is 0 Å². The van der Waals surface area contributed by atoms with E-state index in [-0.39, 0.29) is 17.6 Å². The van der Waals surface area contributed by atoms with Gasteiger partial charge in [0, 0.05) is 19.2 Å². The van der Waals surface area contributed by atoms with Crippen molar-refractivity contribution in [2.24, 2.45) is 0 Å². The van der Waals surface area contributed by atoms with Gasteiger partial charge in [0.15, 0.2) is 0 Å². The number of nitrogen functional groups attached to an aromatic ring is 1. The zero-order valence-electron chi connectivity index (χ0n) is 9.50. The molecule has 17 heavy (non-hydrogen) atoms. The number of aromatic nitrogens is 1. The zero-order chi connectivity index (χ0) is 12.4. The number of morpholine rings is 1. The number of nitro groups is 1. The normalized spacial score (nSPS) is 20.3. The molecule has 2 heterocycles. The van der Waals surface area contributed by atoms with Gasteiger partial charge in [0.2, 0.25) is 5.82 Å². The average molecular weight is 238 g/mol. The molecule has 1 fully saturated rings. The van der Waals surface area contributed by atoms with Crippen molar-refractivity contribution < 1.29 is 9.66 Å². The van der Waals surface area contributed by atoms with Gasteiger partial charge in [-0.3, -0.25) is 10.1 Å². The third kappa shape index (κ3) is 2.44. The lowest BCUT2D eigenvalue weighted by molar-refractivity contribution is -0.384. The van der Waals surface area contributed by atoms with Crippen molar-refractivity contribution in [2.45, 2.75) is 13.0 Å². The van der Waals surface area contributed by atoms with Crippen LogP contribution in [0.25, 0.3) is 0 Å². The van der Waals surface area contributed by atoms with Gasteiger partial charge in [0.05, 0.1) is 17.6 Å². The van der Waals surface area contributed by atoms with Gasteiger partial charge in [0.25, 0.3) is 0 Å². The van der Waals surface area contributed by atoms with Crippen LogP contribution in [0.2, 0.25) is 0 Å². The van der Waals surface area contributed by atoms with E-state index >= 15 is 0 Å². The zero-order valence-corrected chi connectivity index (χ0v) is 9.50. The Hall–Kier alpha value is -1.89. The predicted molar refractivity (Wildman–Crippen MR) is 62.9 cm³/mol. The van der Waals surface area contributed by atoms with Crippen LogP contribution in [-0.4, -0.2) is 35.7 Å². The van der Waals surface area contributed by atoms with Crippen molar-refractivity contribution in [3.63, 3.8) is 0 Å². The van der Waals surface area contributed by atoms with Crippen LogP contribution in [-0.2, 0) is 4.74 Å². The standard InChI is InChI=1S/C10H14N4O3/c1-7-6-13(4-5-17-7)9-3-2-8(14(15)16)10(11)12-9/h2-3,7H,4-6H2,1H3,(H2,11,12). The van der Waals surface area contributed by atoms with E-state index in [0.29, 0.717) is 25.5 Å². The van der Waals surface area contributed by atoms with Gasteiger partial charge < -0.3 is 15.4 Å². The van der Waals surface area contributed by atoms with Crippen LogP contribution in [0.4, 0.5) is 17.3 Å². The van der Waals surface area contributed by atoms with Crippen LogP contribution >= 0.6 is 0 Å². The minimum absolute atomic E-state index is 0.0494. The van der Waals surface area contributed by atoms with E-state index in [1.807, 2.05) is 11.8 Å². The predicted octanol–water partition coefficient (Wildman–Crippen LogP) is 0.797. The molecule has 1 aliphatic rings. The Morgan fingerprint density at radius 3 is 3.00 bits per heavy atom. The number of rotatable bonds is 2. The molecule has 1 unspecified atom stereocenters. The molecule has 0 radical (unpaired) electrons. The molecule has 2 N–H and O–H groups in total. The number of pyridine rings is 1. The molecule has 0 saturated carbocycles. The van der Waals surface area contributed by atoms with Crippen LogP contribution < -0.4 is 10.6 Å². The largest absolute Gasteiger partial charge is 0.378 e. The highest BCUT2D eigenvalue weighted by molar-refractivity contribution is 5.58. The Morgan fingerprint density at radius 1 is 1.65 bits per heavy atom. The van der Waals surface area contributed by atoms with Crippen molar-refractivity contribution in [3.05, 3.63) is 22.2 Å². The molecule has 92 valence electrons. The highest BCUT2D eigenvalue weighted by Gasteiger charge is 2.20. The molecule has 2 rings (SSSR count). The summed E-state index contributed by atoms with van der Waals surface area (Å²) in [5, 5.41) is 10.6. The Morgan fingerprint density at radius 2 is 2.41 bits per heavy atom. The highest BCUT2D eigenvalue weighted by Crippen LogP contribution is 2.23. The van der Waals surface area contributed by atoms with Gasteiger partial charge in [-0.1, -0.05) is 0 Å². The van der Waals surface area contributed by atoms with Crippen molar-refractivity contribution in [2.75, 3.05) is 30.3 Å². The molecule has 0 aromatic carbocycles. The molecule has 7 heteroatoms. The third-order valence-corrected chi connectivity index (χ3v) is 2.65. The first-order valence-electron chi connectivity index (χ1n) is 5.35. The minimum atomic E-state index is -0.534. The molecule has 0 bridgehead atoms. The Bertz CT molecular complexity index is 438. The molecule has 1 atom stereocenters. The SMILES string of the molecule is CC1CN(c2ccc([N+](=O)[O-])c(N)n2)CCO1. The van der Waals surface area contributed by atoms with E-state index in [1.54, 1.807) is 6.07 Å². The van der Waals surface area contributed by atoms with Crippen LogP contribution in [0.1, 0.15) is 6.92 Å². The number of nitrogens with two attached hydrogens (primary N) is 1. The monoisotopic (exact) mass is 238 g/mol. The van der Waals surface area contributed by atoms with Crippen molar-refractivity contribution >= 4 is 17.3 Å². The van der Waals surface area contributed by atoms with Gasteiger partial charge in [-0.25, -0.2) is 4.98 Å². The van der Waals surface area contributed by atoms with E-state index in [4.69, 9.17) is 10.5 Å². The summed E-state index contributed by atoms with van der Waals surface area (Å²) in [5.74, 6) is 0.606. The fraction of sp³-hybridized carbons (Fsp3) is 0.500. The maximum absolute atomic E-state index is 10.6. The third-order valence-electron chi connectivity index (χ3n) is 2.65. The van der Waals surface area contributed by atoms with E-state index in [9.17, 15) is 10.1 Å². The molecular weight excluding hydrogens is 224 g/mol. The highest BCUT2D eigenvalue weighted by atomic mass is 16.6.